The molecule has 0 aliphatic heterocycles. The Morgan fingerprint density at radius 1 is 0.875 bits per heavy atom. The second-order valence-corrected chi connectivity index (χ2v) is 8.15. The van der Waals surface area contributed by atoms with Crippen molar-refractivity contribution < 1.29 is 14.3 Å². The molecule has 2 N–H and O–H groups in total. The van der Waals surface area contributed by atoms with Crippen molar-refractivity contribution in [1.82, 2.24) is 5.32 Å². The average molecular weight is 449 g/mol. The number of amides is 1. The lowest BCUT2D eigenvalue weighted by Crippen LogP contribution is -2.34. The first kappa shape index (κ1) is 23.3. The summed E-state index contributed by atoms with van der Waals surface area (Å²) in [7, 11) is 0. The molecular weight excluding hydrogens is 420 g/mol. The molecule has 1 amide bonds. The Labute approximate surface area is 194 Å². The molecule has 0 radical (unpaired) electrons. The van der Waals surface area contributed by atoms with Gasteiger partial charge in [-0.2, -0.15) is 0 Å². The third kappa shape index (κ3) is 7.71. The minimum atomic E-state index is -0.279. The van der Waals surface area contributed by atoms with E-state index in [0.717, 1.165) is 23.6 Å². The molecule has 0 saturated heterocycles. The Balaban J connectivity index is 1.43. The van der Waals surface area contributed by atoms with Crippen LogP contribution in [0, 0.1) is 5.92 Å². The summed E-state index contributed by atoms with van der Waals surface area (Å²) < 4.78 is 11.4. The molecule has 0 aromatic heterocycles. The molecule has 0 atom stereocenters. The molecule has 0 aliphatic carbocycles. The molecule has 3 aromatic carbocycles. The van der Waals surface area contributed by atoms with Crippen molar-refractivity contribution in [2.75, 3.05) is 18.5 Å². The highest BCUT2D eigenvalue weighted by Crippen LogP contribution is 2.17. The highest BCUT2D eigenvalue weighted by molar-refractivity contribution is 7.80. The van der Waals surface area contributed by atoms with Gasteiger partial charge in [0.05, 0.1) is 13.2 Å². The number of hydrogen-bond donors (Lipinski definition) is 2. The van der Waals surface area contributed by atoms with E-state index in [1.54, 1.807) is 24.3 Å². The lowest BCUT2D eigenvalue weighted by atomic mass is 10.2. The fourth-order valence-electron chi connectivity index (χ4n) is 2.87. The van der Waals surface area contributed by atoms with Gasteiger partial charge in [0.2, 0.25) is 0 Å². The van der Waals surface area contributed by atoms with Crippen LogP contribution in [0.15, 0.2) is 78.9 Å². The van der Waals surface area contributed by atoms with Crippen molar-refractivity contribution in [2.45, 2.75) is 20.3 Å². The van der Waals surface area contributed by atoms with Crippen LogP contribution in [0.4, 0.5) is 5.69 Å². The summed E-state index contributed by atoms with van der Waals surface area (Å²) in [6.45, 7) is 5.41. The van der Waals surface area contributed by atoms with Crippen LogP contribution < -0.4 is 20.1 Å². The van der Waals surface area contributed by atoms with Gasteiger partial charge in [-0.3, -0.25) is 10.1 Å². The van der Waals surface area contributed by atoms with Gasteiger partial charge in [-0.05, 0) is 72.2 Å². The van der Waals surface area contributed by atoms with Crippen LogP contribution in [0.1, 0.15) is 29.8 Å². The third-order valence-corrected chi connectivity index (χ3v) is 4.75. The highest BCUT2D eigenvalue weighted by Gasteiger charge is 2.09. The van der Waals surface area contributed by atoms with Crippen LogP contribution in [0.5, 0.6) is 11.5 Å². The van der Waals surface area contributed by atoms with Gasteiger partial charge in [0.25, 0.3) is 5.91 Å². The summed E-state index contributed by atoms with van der Waals surface area (Å²) in [5.74, 6) is 1.68. The van der Waals surface area contributed by atoms with Crippen LogP contribution in [0.2, 0.25) is 0 Å². The predicted molar refractivity (Wildman–Crippen MR) is 133 cm³/mol. The Morgan fingerprint density at radius 3 is 2.16 bits per heavy atom. The van der Waals surface area contributed by atoms with E-state index in [-0.39, 0.29) is 11.0 Å². The average Bonchev–Trinajstić information content (AvgIpc) is 2.80. The van der Waals surface area contributed by atoms with E-state index in [4.69, 9.17) is 21.7 Å². The fraction of sp³-hybridized carbons (Fsp3) is 0.231. The highest BCUT2D eigenvalue weighted by atomic mass is 32.1. The number of carbonyl (C=O) groups excluding carboxylic acids is 1. The Kier molecular flexibility index (Phi) is 8.63. The minimum Gasteiger partial charge on any atom is -0.493 e. The van der Waals surface area contributed by atoms with E-state index >= 15 is 0 Å². The molecule has 0 fully saturated rings. The number of anilines is 1. The molecule has 3 rings (SSSR count). The maximum absolute atomic E-state index is 12.4. The first-order valence-electron chi connectivity index (χ1n) is 10.6. The number of nitrogens with one attached hydrogen (secondary N) is 2. The lowest BCUT2D eigenvalue weighted by molar-refractivity contribution is 0.0977. The van der Waals surface area contributed by atoms with Gasteiger partial charge < -0.3 is 14.8 Å². The molecule has 0 aliphatic rings. The van der Waals surface area contributed by atoms with Crippen molar-refractivity contribution in [3.63, 3.8) is 0 Å². The molecule has 0 bridgehead atoms. The van der Waals surface area contributed by atoms with Gasteiger partial charge in [0, 0.05) is 17.7 Å². The summed E-state index contributed by atoms with van der Waals surface area (Å²) >= 11 is 5.27. The Hall–Kier alpha value is -3.38. The van der Waals surface area contributed by atoms with Crippen molar-refractivity contribution in [2.24, 2.45) is 5.92 Å². The van der Waals surface area contributed by atoms with Gasteiger partial charge in [-0.15, -0.1) is 0 Å². The molecule has 5 nitrogen and oxygen atoms in total. The number of ether oxygens (including phenoxy) is 2. The molecular formula is C26H28N2O3S. The van der Waals surface area contributed by atoms with E-state index in [2.05, 4.69) is 36.6 Å². The Bertz CT molecular complexity index is 1000. The normalized spacial score (nSPS) is 10.5. The number of rotatable bonds is 9. The summed E-state index contributed by atoms with van der Waals surface area (Å²) in [5.41, 5.74) is 2.51. The van der Waals surface area contributed by atoms with Gasteiger partial charge in [-0.1, -0.05) is 44.2 Å². The lowest BCUT2D eigenvalue weighted by Gasteiger charge is -2.12. The number of benzene rings is 3. The minimum absolute atomic E-state index is 0.230. The van der Waals surface area contributed by atoms with Crippen molar-refractivity contribution in [3.05, 3.63) is 90.0 Å². The third-order valence-electron chi connectivity index (χ3n) is 4.54. The van der Waals surface area contributed by atoms with Crippen LogP contribution in [-0.4, -0.2) is 24.2 Å². The van der Waals surface area contributed by atoms with E-state index in [0.29, 0.717) is 24.7 Å². The fourth-order valence-corrected chi connectivity index (χ4v) is 3.08. The monoisotopic (exact) mass is 448 g/mol. The summed E-state index contributed by atoms with van der Waals surface area (Å²) in [4.78, 5) is 12.4. The second kappa shape index (κ2) is 11.9. The van der Waals surface area contributed by atoms with Crippen LogP contribution >= 0.6 is 12.2 Å². The predicted octanol–water partition coefficient (Wildman–Crippen LogP) is 5.47. The molecule has 0 unspecified atom stereocenters. The van der Waals surface area contributed by atoms with Gasteiger partial charge >= 0.3 is 0 Å². The van der Waals surface area contributed by atoms with Crippen molar-refractivity contribution in [1.29, 1.82) is 0 Å². The van der Waals surface area contributed by atoms with Crippen LogP contribution in [0.3, 0.4) is 0 Å². The SMILES string of the molecule is CC(C)COc1ccc(C(=O)NC(=S)Nc2ccc(OCCc3ccccc3)cc2)cc1. The molecule has 6 heteroatoms. The second-order valence-electron chi connectivity index (χ2n) is 7.75. The van der Waals surface area contributed by atoms with E-state index in [1.165, 1.54) is 5.56 Å². The smallest absolute Gasteiger partial charge is 0.257 e. The van der Waals surface area contributed by atoms with Gasteiger partial charge in [0.1, 0.15) is 11.5 Å². The summed E-state index contributed by atoms with van der Waals surface area (Å²) in [6.07, 6.45) is 0.849. The number of carbonyl (C=O) groups is 1. The topological polar surface area (TPSA) is 59.6 Å². The standard InChI is InChI=1S/C26H28N2O3S/c1-19(2)18-31-24-12-8-21(9-13-24)25(29)28-26(32)27-22-10-14-23(15-11-22)30-17-16-20-6-4-3-5-7-20/h3-15,19H,16-18H2,1-2H3,(H2,27,28,29,32). The first-order chi connectivity index (χ1) is 15.5. The summed E-state index contributed by atoms with van der Waals surface area (Å²) in [5, 5.41) is 5.94. The molecule has 166 valence electrons. The van der Waals surface area contributed by atoms with E-state index < -0.39 is 0 Å². The largest absolute Gasteiger partial charge is 0.493 e. The zero-order valence-electron chi connectivity index (χ0n) is 18.3. The quantitative estimate of drug-likeness (QED) is 0.425. The van der Waals surface area contributed by atoms with Crippen LogP contribution in [0.25, 0.3) is 0 Å². The summed E-state index contributed by atoms with van der Waals surface area (Å²) in [6, 6.07) is 24.7. The zero-order chi connectivity index (χ0) is 22.8. The maximum atomic E-state index is 12.4. The zero-order valence-corrected chi connectivity index (χ0v) is 19.2. The van der Waals surface area contributed by atoms with Crippen molar-refractivity contribution >= 4 is 28.9 Å². The van der Waals surface area contributed by atoms with E-state index in [1.807, 2.05) is 42.5 Å². The maximum Gasteiger partial charge on any atom is 0.257 e. The van der Waals surface area contributed by atoms with Gasteiger partial charge in [-0.25, -0.2) is 0 Å². The molecule has 0 spiro atoms. The molecule has 0 saturated carbocycles. The Morgan fingerprint density at radius 2 is 1.50 bits per heavy atom. The molecule has 0 heterocycles. The van der Waals surface area contributed by atoms with E-state index in [9.17, 15) is 4.79 Å². The molecule has 32 heavy (non-hydrogen) atoms. The number of hydrogen-bond acceptors (Lipinski definition) is 4. The van der Waals surface area contributed by atoms with Crippen LogP contribution in [-0.2, 0) is 6.42 Å². The first-order valence-corrected chi connectivity index (χ1v) is 11.0. The number of thiocarbonyl (C=S) groups is 1. The van der Waals surface area contributed by atoms with Crippen molar-refractivity contribution in [3.8, 4) is 11.5 Å². The van der Waals surface area contributed by atoms with Gasteiger partial charge in [0.15, 0.2) is 5.11 Å². The molecule has 3 aromatic rings.